The molecule has 5 rings (SSSR count). The number of hydrogen-bond donors (Lipinski definition) is 4. The molecule has 0 aromatic heterocycles. The number of ether oxygens (including phenoxy) is 5. The lowest BCUT2D eigenvalue weighted by molar-refractivity contribution is -0.932. The molecule has 4 aliphatic rings. The Bertz CT molecular complexity index is 1420. The molecule has 1 unspecified atom stereocenters. The molecule has 14 nitrogen and oxygen atoms in total. The van der Waals surface area contributed by atoms with Crippen molar-refractivity contribution in [3.63, 3.8) is 0 Å². The van der Waals surface area contributed by atoms with E-state index >= 15 is 0 Å². The van der Waals surface area contributed by atoms with Gasteiger partial charge in [0.1, 0.15) is 23.2 Å². The van der Waals surface area contributed by atoms with Gasteiger partial charge in [0.15, 0.2) is 23.2 Å². The zero-order valence-corrected chi connectivity index (χ0v) is 28.2. The molecule has 6 atom stereocenters. The smallest absolute Gasteiger partial charge is 0.339 e. The zero-order valence-electron chi connectivity index (χ0n) is 28.2. The zero-order chi connectivity index (χ0) is 35.4. The van der Waals surface area contributed by atoms with E-state index in [-0.39, 0.29) is 36.9 Å². The Labute approximate surface area is 279 Å². The van der Waals surface area contributed by atoms with E-state index in [1.807, 2.05) is 12.1 Å². The molecular formula is C34H47NO13. The Morgan fingerprint density at radius 3 is 2.38 bits per heavy atom. The van der Waals surface area contributed by atoms with Gasteiger partial charge in [0.05, 0.1) is 51.2 Å². The number of hydrogen-bond acceptors (Lipinski definition) is 13. The predicted octanol–water partition coefficient (Wildman–Crippen LogP) is -0.760. The monoisotopic (exact) mass is 677 g/mol. The SMILES string of the molecule is CC(=O)C[C@@H](O)C(=O)[O-].COC(=O)C[C@@](O)(CCCC(C)(C)O)C(=O)O[C@@H]1C(OC)=C[C@]23CCC[NH+]2CCc2cc4c(cc2[C@H]13)OCO4. The van der Waals surface area contributed by atoms with Crippen LogP contribution in [0.4, 0.5) is 0 Å². The number of fused-ring (bicyclic) bond motifs is 3. The minimum absolute atomic E-state index is 0.0634. The largest absolute Gasteiger partial charge is 0.547 e. The van der Waals surface area contributed by atoms with E-state index in [0.29, 0.717) is 30.1 Å². The highest BCUT2D eigenvalue weighted by molar-refractivity contribution is 5.86. The summed E-state index contributed by atoms with van der Waals surface area (Å²) in [7, 11) is 2.77. The summed E-state index contributed by atoms with van der Waals surface area (Å²) in [4.78, 5) is 47.2. The fourth-order valence-corrected chi connectivity index (χ4v) is 7.27. The first-order valence-corrected chi connectivity index (χ1v) is 16.2. The van der Waals surface area contributed by atoms with Crippen LogP contribution in [-0.4, -0.2) is 102 Å². The Hall–Kier alpha value is -3.72. The number of carboxylic acids is 1. The molecule has 48 heavy (non-hydrogen) atoms. The number of quaternary nitrogens is 1. The number of carboxylic acid groups (broad SMARTS) is 1. The lowest BCUT2D eigenvalue weighted by atomic mass is 9.77. The second kappa shape index (κ2) is 14.8. The van der Waals surface area contributed by atoms with Crippen molar-refractivity contribution in [2.75, 3.05) is 34.1 Å². The maximum atomic E-state index is 13.8. The highest BCUT2D eigenvalue weighted by atomic mass is 16.7. The molecule has 3 aliphatic heterocycles. The van der Waals surface area contributed by atoms with Crippen molar-refractivity contribution in [2.45, 2.75) is 107 Å². The van der Waals surface area contributed by atoms with Gasteiger partial charge in [0, 0.05) is 31.8 Å². The fourth-order valence-electron chi connectivity index (χ4n) is 7.27. The van der Waals surface area contributed by atoms with Gasteiger partial charge in [-0.2, -0.15) is 0 Å². The van der Waals surface area contributed by atoms with E-state index in [1.54, 1.807) is 21.0 Å². The van der Waals surface area contributed by atoms with E-state index < -0.39 is 47.7 Å². The highest BCUT2D eigenvalue weighted by Gasteiger charge is 2.62. The van der Waals surface area contributed by atoms with Gasteiger partial charge in [-0.1, -0.05) is 0 Å². The number of Topliss-reactive ketones (excluding diaryl/α,β-unsaturated/α-hetero) is 1. The van der Waals surface area contributed by atoms with Gasteiger partial charge in [-0.25, -0.2) is 4.79 Å². The molecule has 3 heterocycles. The molecule has 1 aromatic carbocycles. The molecule has 0 amide bonds. The van der Waals surface area contributed by atoms with Crippen LogP contribution in [0.3, 0.4) is 0 Å². The molecule has 1 fully saturated rings. The summed E-state index contributed by atoms with van der Waals surface area (Å²) in [5, 5.41) is 39.8. The van der Waals surface area contributed by atoms with Gasteiger partial charge in [0.2, 0.25) is 6.79 Å². The number of carbonyl (C=O) groups is 4. The van der Waals surface area contributed by atoms with Crippen LogP contribution in [0.25, 0.3) is 0 Å². The third kappa shape index (κ3) is 8.11. The number of nitrogens with one attached hydrogen (secondary N) is 1. The van der Waals surface area contributed by atoms with E-state index in [9.17, 15) is 34.5 Å². The van der Waals surface area contributed by atoms with Crippen molar-refractivity contribution >= 4 is 23.7 Å². The number of methoxy groups -OCH3 is 2. The number of benzene rings is 1. The number of ketones is 1. The second-order valence-corrected chi connectivity index (χ2v) is 13.6. The average Bonchev–Trinajstić information content (AvgIpc) is 3.69. The van der Waals surface area contributed by atoms with Crippen molar-refractivity contribution in [2.24, 2.45) is 0 Å². The summed E-state index contributed by atoms with van der Waals surface area (Å²) in [5.74, 6) is -1.95. The number of aliphatic carboxylic acids is 1. The summed E-state index contributed by atoms with van der Waals surface area (Å²) in [6.07, 6.45) is 2.11. The number of aliphatic hydroxyl groups is 3. The minimum atomic E-state index is -2.11. The van der Waals surface area contributed by atoms with Gasteiger partial charge < -0.3 is 53.8 Å². The molecule has 266 valence electrons. The first-order chi connectivity index (χ1) is 22.5. The quantitative estimate of drug-likeness (QED) is 0.201. The van der Waals surface area contributed by atoms with Crippen molar-refractivity contribution in [3.05, 3.63) is 35.1 Å². The van der Waals surface area contributed by atoms with Crippen molar-refractivity contribution < 1.29 is 68.2 Å². The van der Waals surface area contributed by atoms with Crippen LogP contribution < -0.4 is 19.5 Å². The van der Waals surface area contributed by atoms with E-state index in [1.165, 1.54) is 18.9 Å². The van der Waals surface area contributed by atoms with E-state index in [0.717, 1.165) is 43.5 Å². The normalized spacial score (nSPS) is 25.4. The van der Waals surface area contributed by atoms with Gasteiger partial charge in [0.25, 0.3) is 0 Å². The molecule has 0 radical (unpaired) electrons. The van der Waals surface area contributed by atoms with Crippen LogP contribution in [0.15, 0.2) is 24.0 Å². The first-order valence-electron chi connectivity index (χ1n) is 16.2. The molecule has 1 aliphatic carbocycles. The summed E-state index contributed by atoms with van der Waals surface area (Å²) >= 11 is 0. The van der Waals surface area contributed by atoms with Crippen molar-refractivity contribution in [3.8, 4) is 11.5 Å². The highest BCUT2D eigenvalue weighted by Crippen LogP contribution is 2.50. The molecule has 1 aromatic rings. The summed E-state index contributed by atoms with van der Waals surface area (Å²) < 4.78 is 28.1. The van der Waals surface area contributed by atoms with Crippen LogP contribution in [0.2, 0.25) is 0 Å². The topological polar surface area (TPSA) is 203 Å². The second-order valence-electron chi connectivity index (χ2n) is 13.6. The van der Waals surface area contributed by atoms with Gasteiger partial charge in [-0.05, 0) is 63.3 Å². The lowest BCUT2D eigenvalue weighted by Gasteiger charge is -2.37. The lowest BCUT2D eigenvalue weighted by Crippen LogP contribution is -3.18. The number of rotatable bonds is 12. The molecule has 0 saturated carbocycles. The summed E-state index contributed by atoms with van der Waals surface area (Å²) in [6, 6.07) is 4.03. The molecule has 4 N–H and O–H groups in total. The molecule has 0 bridgehead atoms. The Morgan fingerprint density at radius 1 is 1.10 bits per heavy atom. The third-order valence-corrected chi connectivity index (χ3v) is 9.58. The Balaban J connectivity index is 0.000000508. The van der Waals surface area contributed by atoms with Crippen LogP contribution in [-0.2, 0) is 39.8 Å². The number of esters is 2. The summed E-state index contributed by atoms with van der Waals surface area (Å²) in [6.45, 7) is 6.59. The van der Waals surface area contributed by atoms with E-state index in [4.69, 9.17) is 28.8 Å². The minimum Gasteiger partial charge on any atom is -0.547 e. The van der Waals surface area contributed by atoms with Crippen LogP contribution in [0, 0.1) is 0 Å². The maximum Gasteiger partial charge on any atom is 0.339 e. The average molecular weight is 678 g/mol. The van der Waals surface area contributed by atoms with Crippen LogP contribution in [0.5, 0.6) is 11.5 Å². The predicted molar refractivity (Wildman–Crippen MR) is 165 cm³/mol. The van der Waals surface area contributed by atoms with Gasteiger partial charge >= 0.3 is 11.9 Å². The molecule has 14 heteroatoms. The molecular weight excluding hydrogens is 630 g/mol. The maximum absolute atomic E-state index is 13.8. The third-order valence-electron chi connectivity index (χ3n) is 9.58. The van der Waals surface area contributed by atoms with Crippen molar-refractivity contribution in [1.29, 1.82) is 0 Å². The Morgan fingerprint density at radius 2 is 1.79 bits per heavy atom. The fraction of sp³-hybridized carbons (Fsp3) is 0.647. The van der Waals surface area contributed by atoms with Crippen molar-refractivity contribution in [1.82, 2.24) is 0 Å². The standard InChI is InChI=1S/C29H39NO9.C5H8O4/c1-27(2,33)8-5-10-29(34,16-23(31)36-4)26(32)39-25-22(35-3)15-28-9-6-11-30(28)12-7-18-13-20-21(38-17-37-20)14-19(18)24(25)28;1-3(6)2-4(7)5(8)9/h13-15,24-25,33-34H,5-12,16-17H2,1-4H3;4,7H,2H2,1H3,(H,8,9)/t24-,25-,28+,29+;4-/m11/s1. The summed E-state index contributed by atoms with van der Waals surface area (Å²) in [5.41, 5.74) is -1.29. The molecule has 1 saturated heterocycles. The van der Waals surface area contributed by atoms with Gasteiger partial charge in [-0.3, -0.25) is 9.59 Å². The Kier molecular flexibility index (Phi) is 11.4. The number of carbonyl (C=O) groups excluding carboxylic acids is 4. The van der Waals surface area contributed by atoms with Crippen LogP contribution >= 0.6 is 0 Å². The number of aliphatic hydroxyl groups excluding tert-OH is 1. The first kappa shape index (κ1) is 37.1. The van der Waals surface area contributed by atoms with E-state index in [2.05, 4.69) is 6.08 Å². The molecule has 1 spiro atoms. The van der Waals surface area contributed by atoms with Crippen LogP contribution in [0.1, 0.15) is 82.8 Å². The van der Waals surface area contributed by atoms with Gasteiger partial charge in [-0.15, -0.1) is 0 Å².